The summed E-state index contributed by atoms with van der Waals surface area (Å²) in [5.74, 6) is 0.0791. The first kappa shape index (κ1) is 14.4. The van der Waals surface area contributed by atoms with Crippen molar-refractivity contribution in [2.24, 2.45) is 5.92 Å². The number of nitrogens with one attached hydrogen (secondary N) is 1. The molecule has 4 heteroatoms. The lowest BCUT2D eigenvalue weighted by atomic mass is 9.85. The van der Waals surface area contributed by atoms with Gasteiger partial charge in [-0.25, -0.2) is 0 Å². The molecule has 0 saturated heterocycles. The van der Waals surface area contributed by atoms with Crippen molar-refractivity contribution in [2.45, 2.75) is 44.8 Å². The van der Waals surface area contributed by atoms with Crippen LogP contribution in [-0.4, -0.2) is 23.2 Å². The summed E-state index contributed by atoms with van der Waals surface area (Å²) in [5, 5.41) is 12.9. The lowest BCUT2D eigenvalue weighted by molar-refractivity contribution is -0.125. The van der Waals surface area contributed by atoms with E-state index in [1.165, 1.54) is 0 Å². The molecule has 1 fully saturated rings. The van der Waals surface area contributed by atoms with Gasteiger partial charge in [-0.1, -0.05) is 37.6 Å². The average Bonchev–Trinajstić information content (AvgIpc) is 2.29. The van der Waals surface area contributed by atoms with Crippen molar-refractivity contribution in [2.75, 3.05) is 0 Å². The molecule has 0 heterocycles. The highest BCUT2D eigenvalue weighted by Gasteiger charge is 2.32. The Morgan fingerprint density at radius 2 is 1.89 bits per heavy atom. The molecule has 0 radical (unpaired) electrons. The number of carbonyl (C=O) groups is 1. The quantitative estimate of drug-likeness (QED) is 0.891. The highest BCUT2D eigenvalue weighted by Crippen LogP contribution is 2.27. The second-order valence-corrected chi connectivity index (χ2v) is 6.04. The van der Waals surface area contributed by atoms with E-state index in [2.05, 4.69) is 5.32 Å². The molecule has 0 aromatic heterocycles. The van der Waals surface area contributed by atoms with Crippen molar-refractivity contribution < 1.29 is 9.90 Å². The van der Waals surface area contributed by atoms with Crippen molar-refractivity contribution in [3.05, 3.63) is 34.9 Å². The van der Waals surface area contributed by atoms with Crippen LogP contribution in [0.25, 0.3) is 0 Å². The van der Waals surface area contributed by atoms with E-state index >= 15 is 0 Å². The van der Waals surface area contributed by atoms with Crippen LogP contribution >= 0.6 is 11.6 Å². The fourth-order valence-corrected chi connectivity index (χ4v) is 2.63. The van der Waals surface area contributed by atoms with Crippen LogP contribution in [0.4, 0.5) is 0 Å². The van der Waals surface area contributed by atoms with E-state index < -0.39 is 0 Å². The number of aliphatic hydroxyl groups is 1. The molecule has 1 aromatic carbocycles. The van der Waals surface area contributed by atoms with Gasteiger partial charge in [-0.3, -0.25) is 4.79 Å². The van der Waals surface area contributed by atoms with Crippen molar-refractivity contribution in [1.82, 2.24) is 5.32 Å². The smallest absolute Gasteiger partial charge is 0.228 e. The standard InChI is InChI=1S/C15H20ClNO2/c1-9(2)14(10-3-5-11(16)6-4-10)15(19)17-12-7-13(18)8-12/h3-6,9,12-14,18H,7-8H2,1-2H3,(H,17,19). The van der Waals surface area contributed by atoms with Gasteiger partial charge in [0.15, 0.2) is 0 Å². The van der Waals surface area contributed by atoms with Crippen molar-refractivity contribution in [3.8, 4) is 0 Å². The molecule has 1 aliphatic rings. The number of rotatable bonds is 4. The summed E-state index contributed by atoms with van der Waals surface area (Å²) in [7, 11) is 0. The minimum absolute atomic E-state index is 0.0363. The molecule has 104 valence electrons. The summed E-state index contributed by atoms with van der Waals surface area (Å²) >= 11 is 5.88. The third-order valence-corrected chi connectivity index (χ3v) is 3.89. The first-order chi connectivity index (χ1) is 8.97. The number of hydrogen-bond donors (Lipinski definition) is 2. The van der Waals surface area contributed by atoms with E-state index in [1.807, 2.05) is 38.1 Å². The fourth-order valence-electron chi connectivity index (χ4n) is 2.51. The molecule has 2 rings (SSSR count). The number of benzene rings is 1. The van der Waals surface area contributed by atoms with Crippen LogP contribution in [0.15, 0.2) is 24.3 Å². The van der Waals surface area contributed by atoms with Crippen LogP contribution in [-0.2, 0) is 4.79 Å². The highest BCUT2D eigenvalue weighted by molar-refractivity contribution is 6.30. The summed E-state index contributed by atoms with van der Waals surface area (Å²) in [4.78, 5) is 12.4. The highest BCUT2D eigenvalue weighted by atomic mass is 35.5. The molecule has 1 aromatic rings. The van der Waals surface area contributed by atoms with Crippen LogP contribution in [0.2, 0.25) is 5.02 Å². The van der Waals surface area contributed by atoms with Crippen LogP contribution in [0.5, 0.6) is 0 Å². The van der Waals surface area contributed by atoms with Gasteiger partial charge >= 0.3 is 0 Å². The predicted molar refractivity (Wildman–Crippen MR) is 76.2 cm³/mol. The maximum Gasteiger partial charge on any atom is 0.228 e. The van der Waals surface area contributed by atoms with Gasteiger partial charge in [-0.2, -0.15) is 0 Å². The van der Waals surface area contributed by atoms with Crippen molar-refractivity contribution >= 4 is 17.5 Å². The van der Waals surface area contributed by atoms with E-state index in [0.717, 1.165) is 5.56 Å². The first-order valence-corrected chi connectivity index (χ1v) is 7.09. The van der Waals surface area contributed by atoms with Crippen LogP contribution in [0, 0.1) is 5.92 Å². The maximum absolute atomic E-state index is 12.4. The van der Waals surface area contributed by atoms with Gasteiger partial charge in [0.25, 0.3) is 0 Å². The largest absolute Gasteiger partial charge is 0.393 e. The third-order valence-electron chi connectivity index (χ3n) is 3.64. The fraction of sp³-hybridized carbons (Fsp3) is 0.533. The molecular weight excluding hydrogens is 262 g/mol. The number of carbonyl (C=O) groups excluding carboxylic acids is 1. The number of aliphatic hydroxyl groups excluding tert-OH is 1. The SMILES string of the molecule is CC(C)C(C(=O)NC1CC(O)C1)c1ccc(Cl)cc1. The molecule has 1 aliphatic carbocycles. The Kier molecular flexibility index (Phi) is 4.48. The second kappa shape index (κ2) is 5.93. The minimum atomic E-state index is -0.252. The molecular formula is C15H20ClNO2. The van der Waals surface area contributed by atoms with E-state index in [-0.39, 0.29) is 29.9 Å². The molecule has 2 N–H and O–H groups in total. The van der Waals surface area contributed by atoms with Crippen LogP contribution < -0.4 is 5.32 Å². The normalized spacial score (nSPS) is 23.8. The van der Waals surface area contributed by atoms with Crippen LogP contribution in [0.3, 0.4) is 0 Å². The van der Waals surface area contributed by atoms with Gasteiger partial charge in [0, 0.05) is 11.1 Å². The van der Waals surface area contributed by atoms with E-state index in [9.17, 15) is 9.90 Å². The number of hydrogen-bond acceptors (Lipinski definition) is 2. The maximum atomic E-state index is 12.4. The Morgan fingerprint density at radius 3 is 2.37 bits per heavy atom. The second-order valence-electron chi connectivity index (χ2n) is 5.60. The van der Waals surface area contributed by atoms with Crippen LogP contribution in [0.1, 0.15) is 38.2 Å². The molecule has 3 nitrogen and oxygen atoms in total. The van der Waals surface area contributed by atoms with Crippen molar-refractivity contribution in [3.63, 3.8) is 0 Å². The molecule has 0 bridgehead atoms. The van der Waals surface area contributed by atoms with E-state index in [0.29, 0.717) is 17.9 Å². The van der Waals surface area contributed by atoms with Gasteiger partial charge in [-0.05, 0) is 36.5 Å². The van der Waals surface area contributed by atoms with Gasteiger partial charge in [0.1, 0.15) is 0 Å². The van der Waals surface area contributed by atoms with Gasteiger partial charge < -0.3 is 10.4 Å². The lowest BCUT2D eigenvalue weighted by Gasteiger charge is -2.34. The summed E-state index contributed by atoms with van der Waals surface area (Å²) in [6, 6.07) is 7.56. The minimum Gasteiger partial charge on any atom is -0.393 e. The summed E-state index contributed by atoms with van der Waals surface area (Å²) in [6.07, 6.45) is 1.08. The molecule has 1 amide bonds. The summed E-state index contributed by atoms with van der Waals surface area (Å²) in [5.41, 5.74) is 0.983. The third kappa shape index (κ3) is 3.48. The molecule has 0 spiro atoms. The zero-order valence-corrected chi connectivity index (χ0v) is 12.0. The molecule has 1 atom stereocenters. The zero-order chi connectivity index (χ0) is 14.0. The summed E-state index contributed by atoms with van der Waals surface area (Å²) < 4.78 is 0. The molecule has 0 aliphatic heterocycles. The Balaban J connectivity index is 2.06. The molecule has 1 unspecified atom stereocenters. The number of halogens is 1. The zero-order valence-electron chi connectivity index (χ0n) is 11.3. The monoisotopic (exact) mass is 281 g/mol. The van der Waals surface area contributed by atoms with E-state index in [1.54, 1.807) is 0 Å². The average molecular weight is 282 g/mol. The van der Waals surface area contributed by atoms with Gasteiger partial charge in [0.2, 0.25) is 5.91 Å². The lowest BCUT2D eigenvalue weighted by Crippen LogP contribution is -2.48. The Bertz CT molecular complexity index is 438. The molecule has 19 heavy (non-hydrogen) atoms. The Hall–Kier alpha value is -1.06. The van der Waals surface area contributed by atoms with Crippen molar-refractivity contribution in [1.29, 1.82) is 0 Å². The Labute approximate surface area is 119 Å². The number of amides is 1. The predicted octanol–water partition coefficient (Wildman–Crippen LogP) is 2.72. The topological polar surface area (TPSA) is 49.3 Å². The van der Waals surface area contributed by atoms with Gasteiger partial charge in [0.05, 0.1) is 12.0 Å². The van der Waals surface area contributed by atoms with Gasteiger partial charge in [-0.15, -0.1) is 0 Å². The molecule has 1 saturated carbocycles. The van der Waals surface area contributed by atoms with E-state index in [4.69, 9.17) is 11.6 Å². The first-order valence-electron chi connectivity index (χ1n) is 6.71. The summed E-state index contributed by atoms with van der Waals surface area (Å²) in [6.45, 7) is 4.07. The Morgan fingerprint density at radius 1 is 1.32 bits per heavy atom.